The summed E-state index contributed by atoms with van der Waals surface area (Å²) in [7, 11) is 1.59. The van der Waals surface area contributed by atoms with Gasteiger partial charge in [0.05, 0.1) is 25.9 Å². The third-order valence-corrected chi connectivity index (χ3v) is 3.44. The maximum Gasteiger partial charge on any atom is 0.202 e. The minimum absolute atomic E-state index is 0.122. The minimum Gasteiger partial charge on any atom is -0.493 e. The van der Waals surface area contributed by atoms with Crippen LogP contribution in [0.3, 0.4) is 0 Å². The van der Waals surface area contributed by atoms with Crippen LogP contribution in [0, 0.1) is 0 Å². The summed E-state index contributed by atoms with van der Waals surface area (Å²) in [4.78, 5) is 0. The van der Waals surface area contributed by atoms with Gasteiger partial charge >= 0.3 is 0 Å². The molecule has 0 spiro atoms. The van der Waals surface area contributed by atoms with Crippen molar-refractivity contribution in [1.29, 1.82) is 0 Å². The molecule has 3 atom stereocenters. The summed E-state index contributed by atoms with van der Waals surface area (Å²) in [5, 5.41) is 18.9. The van der Waals surface area contributed by atoms with Crippen LogP contribution < -0.4 is 9.47 Å². The summed E-state index contributed by atoms with van der Waals surface area (Å²) in [6.07, 6.45) is 0.257. The Morgan fingerprint density at radius 3 is 2.75 bits per heavy atom. The molecule has 1 aliphatic heterocycles. The van der Waals surface area contributed by atoms with Gasteiger partial charge in [0.1, 0.15) is 0 Å². The predicted octanol–water partition coefficient (Wildman–Crippen LogP) is 1.49. The first kappa shape index (κ1) is 15.1. The molecule has 1 aromatic rings. The van der Waals surface area contributed by atoms with Crippen LogP contribution in [0.25, 0.3) is 0 Å². The van der Waals surface area contributed by atoms with Crippen molar-refractivity contribution in [1.82, 2.24) is 0 Å². The summed E-state index contributed by atoms with van der Waals surface area (Å²) in [6.45, 7) is 1.95. The third kappa shape index (κ3) is 3.62. The standard InChI is InChI=1S/C15H22O5/c1-3-10-4-5-13(14(6-10)18-2)20-15-8-11(17)7-12(9-16)19-15/h4-6,11-12,15-17H,3,7-9H2,1-2H3/t11-,12-,15-/m0/s1. The molecule has 1 heterocycles. The second-order valence-electron chi connectivity index (χ2n) is 4.95. The largest absolute Gasteiger partial charge is 0.493 e. The van der Waals surface area contributed by atoms with Crippen molar-refractivity contribution in [2.45, 2.75) is 44.7 Å². The van der Waals surface area contributed by atoms with Crippen molar-refractivity contribution in [3.8, 4) is 11.5 Å². The van der Waals surface area contributed by atoms with E-state index < -0.39 is 12.4 Å². The first-order valence-corrected chi connectivity index (χ1v) is 6.94. The van der Waals surface area contributed by atoms with Gasteiger partial charge in [-0.15, -0.1) is 0 Å². The van der Waals surface area contributed by atoms with Crippen molar-refractivity contribution in [3.05, 3.63) is 23.8 Å². The third-order valence-electron chi connectivity index (χ3n) is 3.44. The Bertz CT molecular complexity index is 434. The Hall–Kier alpha value is -1.30. The van der Waals surface area contributed by atoms with Crippen molar-refractivity contribution < 1.29 is 24.4 Å². The van der Waals surface area contributed by atoms with E-state index in [9.17, 15) is 5.11 Å². The molecular formula is C15H22O5. The van der Waals surface area contributed by atoms with Crippen LogP contribution >= 0.6 is 0 Å². The van der Waals surface area contributed by atoms with Gasteiger partial charge in [0.15, 0.2) is 11.5 Å². The lowest BCUT2D eigenvalue weighted by Gasteiger charge is -2.32. The van der Waals surface area contributed by atoms with Gasteiger partial charge in [0.25, 0.3) is 0 Å². The van der Waals surface area contributed by atoms with Crippen molar-refractivity contribution in [2.24, 2.45) is 0 Å². The lowest BCUT2D eigenvalue weighted by atomic mass is 10.1. The van der Waals surface area contributed by atoms with Gasteiger partial charge in [-0.3, -0.25) is 0 Å². The number of rotatable bonds is 5. The lowest BCUT2D eigenvalue weighted by molar-refractivity contribution is -0.185. The highest BCUT2D eigenvalue weighted by Gasteiger charge is 2.29. The molecule has 0 bridgehead atoms. The molecular weight excluding hydrogens is 260 g/mol. The molecule has 2 rings (SSSR count). The Morgan fingerprint density at radius 1 is 1.30 bits per heavy atom. The molecule has 1 aromatic carbocycles. The molecule has 20 heavy (non-hydrogen) atoms. The fourth-order valence-corrected chi connectivity index (χ4v) is 2.31. The molecule has 0 amide bonds. The van der Waals surface area contributed by atoms with Crippen LogP contribution in [-0.2, 0) is 11.2 Å². The summed E-state index contributed by atoms with van der Waals surface area (Å²) < 4.78 is 16.7. The van der Waals surface area contributed by atoms with E-state index in [2.05, 4.69) is 6.92 Å². The Balaban J connectivity index is 2.08. The number of methoxy groups -OCH3 is 1. The van der Waals surface area contributed by atoms with Crippen LogP contribution in [0.1, 0.15) is 25.3 Å². The fourth-order valence-electron chi connectivity index (χ4n) is 2.31. The Labute approximate surface area is 119 Å². The van der Waals surface area contributed by atoms with Crippen LogP contribution in [0.4, 0.5) is 0 Å². The number of aliphatic hydroxyl groups is 2. The average molecular weight is 282 g/mol. The molecule has 1 saturated heterocycles. The van der Waals surface area contributed by atoms with Crippen LogP contribution in [-0.4, -0.2) is 42.4 Å². The summed E-state index contributed by atoms with van der Waals surface area (Å²) in [5.41, 5.74) is 1.16. The normalized spacial score (nSPS) is 26.3. The van der Waals surface area contributed by atoms with Gasteiger partial charge in [-0.1, -0.05) is 13.0 Å². The van der Waals surface area contributed by atoms with Crippen LogP contribution in [0.15, 0.2) is 18.2 Å². The van der Waals surface area contributed by atoms with Gasteiger partial charge in [0.2, 0.25) is 6.29 Å². The van der Waals surface area contributed by atoms with Crippen molar-refractivity contribution in [2.75, 3.05) is 13.7 Å². The molecule has 0 saturated carbocycles. The van der Waals surface area contributed by atoms with Gasteiger partial charge < -0.3 is 24.4 Å². The van der Waals surface area contributed by atoms with E-state index in [1.807, 2.05) is 18.2 Å². The van der Waals surface area contributed by atoms with E-state index in [1.165, 1.54) is 0 Å². The van der Waals surface area contributed by atoms with Crippen LogP contribution in [0.5, 0.6) is 11.5 Å². The molecule has 0 aromatic heterocycles. The second-order valence-corrected chi connectivity index (χ2v) is 4.95. The summed E-state index contributed by atoms with van der Waals surface area (Å²) in [5.74, 6) is 1.23. The van der Waals surface area contributed by atoms with E-state index in [1.54, 1.807) is 7.11 Å². The van der Waals surface area contributed by atoms with Crippen LogP contribution in [0.2, 0.25) is 0 Å². The highest BCUT2D eigenvalue weighted by atomic mass is 16.7. The molecule has 0 radical (unpaired) electrons. The zero-order valence-corrected chi connectivity index (χ0v) is 11.9. The molecule has 5 nitrogen and oxygen atoms in total. The Morgan fingerprint density at radius 2 is 2.10 bits per heavy atom. The molecule has 112 valence electrons. The summed E-state index contributed by atoms with van der Waals surface area (Å²) >= 11 is 0. The summed E-state index contributed by atoms with van der Waals surface area (Å²) in [6, 6.07) is 5.74. The lowest BCUT2D eigenvalue weighted by Crippen LogP contribution is -2.40. The first-order valence-electron chi connectivity index (χ1n) is 6.94. The SMILES string of the molecule is CCc1ccc(O[C@H]2C[C@@H](O)C[C@@H](CO)O2)c(OC)c1. The highest BCUT2D eigenvalue weighted by Crippen LogP contribution is 2.31. The maximum atomic E-state index is 9.77. The van der Waals surface area contributed by atoms with E-state index in [4.69, 9.17) is 19.3 Å². The molecule has 0 aliphatic carbocycles. The van der Waals surface area contributed by atoms with Gasteiger partial charge in [-0.2, -0.15) is 0 Å². The first-order chi connectivity index (χ1) is 9.66. The average Bonchev–Trinajstić information content (AvgIpc) is 2.47. The zero-order valence-electron chi connectivity index (χ0n) is 11.9. The van der Waals surface area contributed by atoms with Gasteiger partial charge in [-0.05, 0) is 24.1 Å². The predicted molar refractivity (Wildman–Crippen MR) is 74.0 cm³/mol. The fraction of sp³-hybridized carbons (Fsp3) is 0.600. The van der Waals surface area contributed by atoms with E-state index in [0.29, 0.717) is 24.3 Å². The van der Waals surface area contributed by atoms with E-state index >= 15 is 0 Å². The zero-order chi connectivity index (χ0) is 14.5. The van der Waals surface area contributed by atoms with E-state index in [-0.39, 0.29) is 12.7 Å². The van der Waals surface area contributed by atoms with Gasteiger partial charge in [-0.25, -0.2) is 0 Å². The molecule has 0 unspecified atom stereocenters. The number of hydrogen-bond donors (Lipinski definition) is 2. The molecule has 2 N–H and O–H groups in total. The quantitative estimate of drug-likeness (QED) is 0.856. The van der Waals surface area contributed by atoms with Crippen molar-refractivity contribution in [3.63, 3.8) is 0 Å². The van der Waals surface area contributed by atoms with Crippen molar-refractivity contribution >= 4 is 0 Å². The number of aliphatic hydroxyl groups excluding tert-OH is 2. The second kappa shape index (κ2) is 6.92. The topological polar surface area (TPSA) is 68.2 Å². The molecule has 1 fully saturated rings. The molecule has 1 aliphatic rings. The number of ether oxygens (including phenoxy) is 3. The number of hydrogen-bond acceptors (Lipinski definition) is 5. The smallest absolute Gasteiger partial charge is 0.202 e. The highest BCUT2D eigenvalue weighted by molar-refractivity contribution is 5.43. The minimum atomic E-state index is -0.572. The molecule has 5 heteroatoms. The number of benzene rings is 1. The maximum absolute atomic E-state index is 9.77. The Kier molecular flexibility index (Phi) is 5.23. The monoisotopic (exact) mass is 282 g/mol. The number of aryl methyl sites for hydroxylation is 1. The van der Waals surface area contributed by atoms with E-state index in [0.717, 1.165) is 12.0 Å². The van der Waals surface area contributed by atoms with Gasteiger partial charge in [0, 0.05) is 12.8 Å².